The van der Waals surface area contributed by atoms with Crippen LogP contribution in [0.15, 0.2) is 53.4 Å². The Bertz CT molecular complexity index is 860. The predicted octanol–water partition coefficient (Wildman–Crippen LogP) is 2.49. The average Bonchev–Trinajstić information content (AvgIpc) is 3.11. The standard InChI is InChI=1S/C18H21N3O3S/c1-13-9-10-15(20-18(22)16-8-5-11-19-16)12-17(13)25(23,24)21-14-6-3-2-4-7-14/h2-4,6-7,9-10,12,16,19,21H,5,8,11H2,1H3,(H,20,22). The summed E-state index contributed by atoms with van der Waals surface area (Å²) in [5.41, 5.74) is 1.57. The fourth-order valence-corrected chi connectivity index (χ4v) is 4.15. The van der Waals surface area contributed by atoms with Crippen LogP contribution >= 0.6 is 0 Å². The van der Waals surface area contributed by atoms with Crippen molar-refractivity contribution in [3.8, 4) is 0 Å². The van der Waals surface area contributed by atoms with Gasteiger partial charge in [0.25, 0.3) is 10.0 Å². The van der Waals surface area contributed by atoms with Crippen LogP contribution in [0.2, 0.25) is 0 Å². The molecule has 1 saturated heterocycles. The van der Waals surface area contributed by atoms with Crippen LogP contribution in [0.25, 0.3) is 0 Å². The summed E-state index contributed by atoms with van der Waals surface area (Å²) in [5, 5.41) is 5.92. The number of carbonyl (C=O) groups is 1. The number of hydrogen-bond donors (Lipinski definition) is 3. The summed E-state index contributed by atoms with van der Waals surface area (Å²) in [5.74, 6) is -0.138. The van der Waals surface area contributed by atoms with Crippen molar-refractivity contribution < 1.29 is 13.2 Å². The molecular weight excluding hydrogens is 338 g/mol. The Morgan fingerprint density at radius 3 is 2.56 bits per heavy atom. The van der Waals surface area contributed by atoms with Crippen molar-refractivity contribution in [2.45, 2.75) is 30.7 Å². The molecule has 0 saturated carbocycles. The molecule has 25 heavy (non-hydrogen) atoms. The third kappa shape index (κ3) is 4.18. The highest BCUT2D eigenvalue weighted by Crippen LogP contribution is 2.23. The van der Waals surface area contributed by atoms with Gasteiger partial charge in [-0.2, -0.15) is 0 Å². The van der Waals surface area contributed by atoms with E-state index < -0.39 is 10.0 Å². The van der Waals surface area contributed by atoms with Crippen molar-refractivity contribution in [3.63, 3.8) is 0 Å². The van der Waals surface area contributed by atoms with Gasteiger partial charge in [0.1, 0.15) is 0 Å². The lowest BCUT2D eigenvalue weighted by Gasteiger charge is -2.14. The number of carbonyl (C=O) groups excluding carboxylic acids is 1. The molecule has 1 fully saturated rings. The SMILES string of the molecule is Cc1ccc(NC(=O)C2CCCN2)cc1S(=O)(=O)Nc1ccccc1. The van der Waals surface area contributed by atoms with Crippen LogP contribution < -0.4 is 15.4 Å². The maximum Gasteiger partial charge on any atom is 0.262 e. The smallest absolute Gasteiger partial charge is 0.262 e. The van der Waals surface area contributed by atoms with Gasteiger partial charge in [0.05, 0.1) is 10.9 Å². The molecule has 1 aliphatic rings. The summed E-state index contributed by atoms with van der Waals surface area (Å²) < 4.78 is 27.9. The zero-order valence-corrected chi connectivity index (χ0v) is 14.8. The lowest BCUT2D eigenvalue weighted by molar-refractivity contribution is -0.117. The van der Waals surface area contributed by atoms with Crippen LogP contribution in [0.1, 0.15) is 18.4 Å². The molecule has 6 nitrogen and oxygen atoms in total. The van der Waals surface area contributed by atoms with Gasteiger partial charge in [-0.3, -0.25) is 9.52 Å². The van der Waals surface area contributed by atoms with Crippen molar-refractivity contribution in [2.24, 2.45) is 0 Å². The van der Waals surface area contributed by atoms with Gasteiger partial charge in [-0.05, 0) is 56.1 Å². The molecule has 3 rings (SSSR count). The third-order valence-electron chi connectivity index (χ3n) is 4.15. The van der Waals surface area contributed by atoms with Crippen LogP contribution in [0, 0.1) is 6.92 Å². The second-order valence-electron chi connectivity index (χ2n) is 6.09. The molecule has 3 N–H and O–H groups in total. The number of rotatable bonds is 5. The fraction of sp³-hybridized carbons (Fsp3) is 0.278. The molecule has 1 heterocycles. The molecule has 0 aliphatic carbocycles. The van der Waals surface area contributed by atoms with Crippen LogP contribution in [0.4, 0.5) is 11.4 Å². The molecule has 0 radical (unpaired) electrons. The van der Waals surface area contributed by atoms with Crippen LogP contribution in [-0.4, -0.2) is 26.9 Å². The Kier molecular flexibility index (Phi) is 5.06. The fourth-order valence-electron chi connectivity index (χ4n) is 2.82. The molecule has 0 bridgehead atoms. The Hall–Kier alpha value is -2.38. The van der Waals surface area contributed by atoms with E-state index in [4.69, 9.17) is 0 Å². The van der Waals surface area contributed by atoms with E-state index >= 15 is 0 Å². The second-order valence-corrected chi connectivity index (χ2v) is 7.74. The molecule has 1 atom stereocenters. The van der Waals surface area contributed by atoms with E-state index in [1.165, 1.54) is 6.07 Å². The van der Waals surface area contributed by atoms with Gasteiger partial charge in [-0.25, -0.2) is 8.42 Å². The number of benzene rings is 2. The van der Waals surface area contributed by atoms with E-state index in [0.29, 0.717) is 16.9 Å². The number of amides is 1. The van der Waals surface area contributed by atoms with E-state index in [2.05, 4.69) is 15.4 Å². The van der Waals surface area contributed by atoms with Crippen molar-refractivity contribution in [1.29, 1.82) is 0 Å². The van der Waals surface area contributed by atoms with Crippen LogP contribution in [-0.2, 0) is 14.8 Å². The summed E-state index contributed by atoms with van der Waals surface area (Å²) in [4.78, 5) is 12.4. The van der Waals surface area contributed by atoms with E-state index in [9.17, 15) is 13.2 Å². The summed E-state index contributed by atoms with van der Waals surface area (Å²) >= 11 is 0. The monoisotopic (exact) mass is 359 g/mol. The van der Waals surface area contributed by atoms with E-state index in [1.54, 1.807) is 43.3 Å². The number of para-hydroxylation sites is 1. The number of anilines is 2. The maximum atomic E-state index is 12.7. The average molecular weight is 359 g/mol. The number of aryl methyl sites for hydroxylation is 1. The first-order valence-electron chi connectivity index (χ1n) is 8.18. The molecule has 1 unspecified atom stereocenters. The molecule has 0 spiro atoms. The normalized spacial score (nSPS) is 17.2. The van der Waals surface area contributed by atoms with Gasteiger partial charge in [0.2, 0.25) is 5.91 Å². The molecule has 1 amide bonds. The highest BCUT2D eigenvalue weighted by Gasteiger charge is 2.23. The van der Waals surface area contributed by atoms with Crippen LogP contribution in [0.5, 0.6) is 0 Å². The quantitative estimate of drug-likeness (QED) is 0.765. The van der Waals surface area contributed by atoms with Gasteiger partial charge in [0.15, 0.2) is 0 Å². The third-order valence-corrected chi connectivity index (χ3v) is 5.67. The Morgan fingerprint density at radius 1 is 1.12 bits per heavy atom. The summed E-state index contributed by atoms with van der Waals surface area (Å²) in [6, 6.07) is 13.4. The second kappa shape index (κ2) is 7.25. The van der Waals surface area contributed by atoms with E-state index in [1.807, 2.05) is 6.07 Å². The highest BCUT2D eigenvalue weighted by molar-refractivity contribution is 7.92. The number of hydrogen-bond acceptors (Lipinski definition) is 4. The number of nitrogens with one attached hydrogen (secondary N) is 3. The zero-order chi connectivity index (χ0) is 17.9. The molecule has 2 aromatic rings. The molecule has 7 heteroatoms. The zero-order valence-electron chi connectivity index (χ0n) is 14.0. The summed E-state index contributed by atoms with van der Waals surface area (Å²) in [7, 11) is -3.74. The first-order chi connectivity index (χ1) is 12.0. The van der Waals surface area contributed by atoms with E-state index in [0.717, 1.165) is 19.4 Å². The van der Waals surface area contributed by atoms with Gasteiger partial charge in [0, 0.05) is 11.4 Å². The molecule has 2 aromatic carbocycles. The van der Waals surface area contributed by atoms with Crippen molar-refractivity contribution >= 4 is 27.3 Å². The lowest BCUT2D eigenvalue weighted by atomic mass is 10.2. The Morgan fingerprint density at radius 2 is 1.88 bits per heavy atom. The lowest BCUT2D eigenvalue weighted by Crippen LogP contribution is -2.35. The largest absolute Gasteiger partial charge is 0.325 e. The Balaban J connectivity index is 1.82. The van der Waals surface area contributed by atoms with Gasteiger partial charge < -0.3 is 10.6 Å². The van der Waals surface area contributed by atoms with Crippen LogP contribution in [0.3, 0.4) is 0 Å². The number of sulfonamides is 1. The summed E-state index contributed by atoms with van der Waals surface area (Å²) in [6.45, 7) is 2.55. The maximum absolute atomic E-state index is 12.7. The van der Waals surface area contributed by atoms with Gasteiger partial charge >= 0.3 is 0 Å². The summed E-state index contributed by atoms with van der Waals surface area (Å²) in [6.07, 6.45) is 1.75. The Labute approximate surface area is 147 Å². The van der Waals surface area contributed by atoms with Crippen molar-refractivity contribution in [2.75, 3.05) is 16.6 Å². The van der Waals surface area contributed by atoms with Gasteiger partial charge in [-0.1, -0.05) is 24.3 Å². The highest BCUT2D eigenvalue weighted by atomic mass is 32.2. The van der Waals surface area contributed by atoms with Crippen molar-refractivity contribution in [1.82, 2.24) is 5.32 Å². The van der Waals surface area contributed by atoms with Crippen molar-refractivity contribution in [3.05, 3.63) is 54.1 Å². The first-order valence-corrected chi connectivity index (χ1v) is 9.67. The minimum absolute atomic E-state index is 0.138. The molecule has 1 aliphatic heterocycles. The first kappa shape index (κ1) is 17.4. The van der Waals surface area contributed by atoms with Gasteiger partial charge in [-0.15, -0.1) is 0 Å². The topological polar surface area (TPSA) is 87.3 Å². The molecular formula is C18H21N3O3S. The molecule has 0 aromatic heterocycles. The molecule has 132 valence electrons. The minimum Gasteiger partial charge on any atom is -0.325 e. The predicted molar refractivity (Wildman–Crippen MR) is 98.1 cm³/mol. The van der Waals surface area contributed by atoms with E-state index in [-0.39, 0.29) is 16.8 Å². The minimum atomic E-state index is -3.74.